The molecular formula is C12H19NO. The van der Waals surface area contributed by atoms with E-state index in [0.29, 0.717) is 12.6 Å². The van der Waals surface area contributed by atoms with Crippen molar-refractivity contribution < 1.29 is 4.74 Å². The molecule has 0 saturated carbocycles. The van der Waals surface area contributed by atoms with Gasteiger partial charge in [0.05, 0.1) is 0 Å². The van der Waals surface area contributed by atoms with E-state index >= 15 is 0 Å². The maximum Gasteiger partial charge on any atom is 0.119 e. The van der Waals surface area contributed by atoms with Crippen LogP contribution in [0.3, 0.4) is 0 Å². The number of likely N-dealkylation sites (N-methyl/N-ethyl adjacent to an activating group) is 1. The summed E-state index contributed by atoms with van der Waals surface area (Å²) in [4.78, 5) is 0. The Hall–Kier alpha value is -1.02. The Morgan fingerprint density at radius 3 is 2.43 bits per heavy atom. The smallest absolute Gasteiger partial charge is 0.119 e. The summed E-state index contributed by atoms with van der Waals surface area (Å²) in [5.41, 5.74) is 1.35. The molecule has 2 heteroatoms. The Kier molecular flexibility index (Phi) is 4.47. The second-order valence-corrected chi connectivity index (χ2v) is 3.50. The number of ether oxygens (including phenoxy) is 1. The molecule has 0 aliphatic carbocycles. The van der Waals surface area contributed by atoms with E-state index in [0.717, 1.165) is 12.2 Å². The van der Waals surface area contributed by atoms with Gasteiger partial charge >= 0.3 is 0 Å². The molecule has 0 amide bonds. The Bertz CT molecular complexity index is 256. The molecule has 0 aliphatic heterocycles. The molecule has 78 valence electrons. The number of hydrogen-bond acceptors (Lipinski definition) is 2. The van der Waals surface area contributed by atoms with Crippen molar-refractivity contribution in [3.63, 3.8) is 0 Å². The first-order chi connectivity index (χ1) is 6.76. The van der Waals surface area contributed by atoms with Crippen LogP contribution in [0.25, 0.3) is 0 Å². The lowest BCUT2D eigenvalue weighted by Gasteiger charge is -2.12. The van der Waals surface area contributed by atoms with Crippen LogP contribution in [0.1, 0.15) is 19.4 Å². The Morgan fingerprint density at radius 2 is 1.93 bits per heavy atom. The number of hydrogen-bond donors (Lipinski definition) is 1. The zero-order valence-electron chi connectivity index (χ0n) is 9.21. The zero-order valence-corrected chi connectivity index (χ0v) is 9.21. The first-order valence-electron chi connectivity index (χ1n) is 5.15. The molecule has 0 heterocycles. The molecular weight excluding hydrogens is 174 g/mol. The molecule has 0 aliphatic rings. The first kappa shape index (κ1) is 11.1. The molecule has 1 aromatic rings. The molecule has 2 nitrogen and oxygen atoms in total. The van der Waals surface area contributed by atoms with E-state index < -0.39 is 0 Å². The molecule has 0 bridgehead atoms. The molecule has 1 atom stereocenters. The van der Waals surface area contributed by atoms with Crippen molar-refractivity contribution in [2.75, 3.05) is 13.7 Å². The van der Waals surface area contributed by atoms with Crippen molar-refractivity contribution >= 4 is 0 Å². The lowest BCUT2D eigenvalue weighted by molar-refractivity contribution is 0.280. The molecule has 1 N–H and O–H groups in total. The van der Waals surface area contributed by atoms with Gasteiger partial charge in [0.2, 0.25) is 0 Å². The van der Waals surface area contributed by atoms with Crippen LogP contribution in [0.2, 0.25) is 0 Å². The van der Waals surface area contributed by atoms with Crippen molar-refractivity contribution in [3.05, 3.63) is 29.8 Å². The molecule has 0 saturated heterocycles. The molecule has 1 unspecified atom stereocenters. The third-order valence-electron chi connectivity index (χ3n) is 2.32. The van der Waals surface area contributed by atoms with Crippen molar-refractivity contribution in [3.8, 4) is 5.75 Å². The highest BCUT2D eigenvalue weighted by Crippen LogP contribution is 2.12. The lowest BCUT2D eigenvalue weighted by atomic mass is 10.2. The molecule has 14 heavy (non-hydrogen) atoms. The summed E-state index contributed by atoms with van der Waals surface area (Å²) >= 11 is 0. The van der Waals surface area contributed by atoms with Gasteiger partial charge in [-0.2, -0.15) is 0 Å². The summed E-state index contributed by atoms with van der Waals surface area (Å²) in [6.07, 6.45) is 1.08. The van der Waals surface area contributed by atoms with Crippen LogP contribution in [-0.4, -0.2) is 19.7 Å². The Morgan fingerprint density at radius 1 is 1.29 bits per heavy atom. The van der Waals surface area contributed by atoms with Crippen LogP contribution in [0.5, 0.6) is 5.75 Å². The zero-order chi connectivity index (χ0) is 10.4. The van der Waals surface area contributed by atoms with Gasteiger partial charge in [0.1, 0.15) is 12.4 Å². The highest BCUT2D eigenvalue weighted by Gasteiger charge is 1.99. The summed E-state index contributed by atoms with van der Waals surface area (Å²) in [5.74, 6) is 0.948. The molecule has 1 aromatic carbocycles. The van der Waals surface area contributed by atoms with E-state index in [-0.39, 0.29) is 0 Å². The summed E-state index contributed by atoms with van der Waals surface area (Å²) in [5, 5.41) is 3.13. The fraction of sp³-hybridized carbons (Fsp3) is 0.500. The predicted octanol–water partition coefficient (Wildman–Crippen LogP) is 2.24. The van der Waals surface area contributed by atoms with Gasteiger partial charge in [0.15, 0.2) is 0 Å². The van der Waals surface area contributed by atoms with Gasteiger partial charge in [-0.1, -0.05) is 19.1 Å². The topological polar surface area (TPSA) is 21.3 Å². The van der Waals surface area contributed by atoms with E-state index in [1.54, 1.807) is 0 Å². The third kappa shape index (κ3) is 3.38. The highest BCUT2D eigenvalue weighted by atomic mass is 16.5. The van der Waals surface area contributed by atoms with Gasteiger partial charge in [-0.25, -0.2) is 0 Å². The van der Waals surface area contributed by atoms with Gasteiger partial charge in [0.25, 0.3) is 0 Å². The number of benzene rings is 1. The van der Waals surface area contributed by atoms with Crippen LogP contribution in [0.4, 0.5) is 0 Å². The SMILES string of the molecule is CCc1ccc(OCC(C)NC)cc1. The average Bonchev–Trinajstić information content (AvgIpc) is 2.26. The fourth-order valence-corrected chi connectivity index (χ4v) is 1.13. The van der Waals surface area contributed by atoms with Gasteiger partial charge in [-0.15, -0.1) is 0 Å². The molecule has 1 rings (SSSR count). The maximum absolute atomic E-state index is 5.60. The quantitative estimate of drug-likeness (QED) is 0.774. The van der Waals surface area contributed by atoms with Crippen LogP contribution >= 0.6 is 0 Å². The van der Waals surface area contributed by atoms with Gasteiger partial charge in [-0.05, 0) is 38.1 Å². The second kappa shape index (κ2) is 5.66. The average molecular weight is 193 g/mol. The lowest BCUT2D eigenvalue weighted by Crippen LogP contribution is -2.28. The highest BCUT2D eigenvalue weighted by molar-refractivity contribution is 5.27. The summed E-state index contributed by atoms with van der Waals surface area (Å²) in [7, 11) is 1.94. The minimum absolute atomic E-state index is 0.390. The largest absolute Gasteiger partial charge is 0.492 e. The standard InChI is InChI=1S/C12H19NO/c1-4-11-5-7-12(8-6-11)14-9-10(2)13-3/h5-8,10,13H,4,9H2,1-3H3. The van der Waals surface area contributed by atoms with E-state index in [2.05, 4.69) is 31.3 Å². The first-order valence-corrected chi connectivity index (χ1v) is 5.15. The van der Waals surface area contributed by atoms with Gasteiger partial charge in [-0.3, -0.25) is 0 Å². The Labute approximate surface area is 86.3 Å². The summed E-state index contributed by atoms with van der Waals surface area (Å²) < 4.78 is 5.60. The second-order valence-electron chi connectivity index (χ2n) is 3.50. The van der Waals surface area contributed by atoms with Gasteiger partial charge in [0, 0.05) is 6.04 Å². The fourth-order valence-electron chi connectivity index (χ4n) is 1.13. The summed E-state index contributed by atoms with van der Waals surface area (Å²) in [6.45, 7) is 4.96. The van der Waals surface area contributed by atoms with Crippen LogP contribution in [-0.2, 0) is 6.42 Å². The van der Waals surface area contributed by atoms with Crippen molar-refractivity contribution in [1.82, 2.24) is 5.32 Å². The normalized spacial score (nSPS) is 12.5. The van der Waals surface area contributed by atoms with Crippen molar-refractivity contribution in [1.29, 1.82) is 0 Å². The minimum atomic E-state index is 0.390. The van der Waals surface area contributed by atoms with E-state index in [1.165, 1.54) is 5.56 Å². The Balaban J connectivity index is 2.43. The van der Waals surface area contributed by atoms with E-state index in [4.69, 9.17) is 4.74 Å². The monoisotopic (exact) mass is 193 g/mol. The van der Waals surface area contributed by atoms with Crippen LogP contribution < -0.4 is 10.1 Å². The minimum Gasteiger partial charge on any atom is -0.492 e. The number of aryl methyl sites for hydroxylation is 1. The molecule has 0 fully saturated rings. The summed E-state index contributed by atoms with van der Waals surface area (Å²) in [6, 6.07) is 8.67. The van der Waals surface area contributed by atoms with E-state index in [1.807, 2.05) is 19.2 Å². The number of nitrogens with one attached hydrogen (secondary N) is 1. The molecule has 0 aromatic heterocycles. The van der Waals surface area contributed by atoms with Crippen molar-refractivity contribution in [2.45, 2.75) is 26.3 Å². The van der Waals surface area contributed by atoms with Crippen molar-refractivity contribution in [2.24, 2.45) is 0 Å². The third-order valence-corrected chi connectivity index (χ3v) is 2.32. The number of rotatable bonds is 5. The van der Waals surface area contributed by atoms with Crippen LogP contribution in [0, 0.1) is 0 Å². The molecule has 0 spiro atoms. The van der Waals surface area contributed by atoms with Crippen LogP contribution in [0.15, 0.2) is 24.3 Å². The predicted molar refractivity (Wildman–Crippen MR) is 59.8 cm³/mol. The maximum atomic E-state index is 5.60. The molecule has 0 radical (unpaired) electrons. The van der Waals surface area contributed by atoms with E-state index in [9.17, 15) is 0 Å². The van der Waals surface area contributed by atoms with Gasteiger partial charge < -0.3 is 10.1 Å².